The van der Waals surface area contributed by atoms with Crippen molar-refractivity contribution in [3.8, 4) is 0 Å². The zero-order valence-corrected chi connectivity index (χ0v) is 38.0. The van der Waals surface area contributed by atoms with Crippen LogP contribution in [-0.2, 0) is 28.6 Å². The summed E-state index contributed by atoms with van der Waals surface area (Å²) in [5.74, 6) is -1.02. The smallest absolute Gasteiger partial charge is 0.306 e. The van der Waals surface area contributed by atoms with E-state index in [1.807, 2.05) is 12.2 Å². The average molecular weight is 819 g/mol. The van der Waals surface area contributed by atoms with Crippen LogP contribution in [0.5, 0.6) is 0 Å². The SMILES string of the molecule is CC/C=C\C/C=C\C/C=C\C/C=C\CCC(=O)OC(COC(=O)CCCCCCC/C=C\CCCC)COC(=O)CCCCCCCCC/C=C\C/C=C\C/C=C\CC. The second-order valence-electron chi connectivity index (χ2n) is 15.2. The predicted octanol–water partition coefficient (Wildman–Crippen LogP) is 15.4. The van der Waals surface area contributed by atoms with Crippen molar-refractivity contribution in [1.82, 2.24) is 0 Å². The van der Waals surface area contributed by atoms with E-state index in [4.69, 9.17) is 14.2 Å². The first-order valence-electron chi connectivity index (χ1n) is 23.7. The normalized spacial score (nSPS) is 12.9. The largest absolute Gasteiger partial charge is 0.462 e. The molecule has 0 N–H and O–H groups in total. The van der Waals surface area contributed by atoms with Crippen molar-refractivity contribution < 1.29 is 28.6 Å². The number of hydrogen-bond acceptors (Lipinski definition) is 6. The van der Waals surface area contributed by atoms with Gasteiger partial charge in [0.05, 0.1) is 0 Å². The van der Waals surface area contributed by atoms with Crippen LogP contribution in [-0.4, -0.2) is 37.2 Å². The second-order valence-corrected chi connectivity index (χ2v) is 15.2. The Kier molecular flexibility index (Phi) is 44.1. The Labute approximate surface area is 362 Å². The van der Waals surface area contributed by atoms with Gasteiger partial charge < -0.3 is 14.2 Å². The molecule has 0 spiro atoms. The number of allylic oxidation sites excluding steroid dienone is 16. The van der Waals surface area contributed by atoms with Crippen LogP contribution < -0.4 is 0 Å². The number of unbranched alkanes of at least 4 members (excludes halogenated alkanes) is 14. The molecule has 0 amide bonds. The molecule has 0 fully saturated rings. The molecule has 0 rings (SSSR count). The minimum atomic E-state index is -0.822. The molecule has 1 atom stereocenters. The van der Waals surface area contributed by atoms with Crippen LogP contribution in [0.4, 0.5) is 0 Å². The van der Waals surface area contributed by atoms with E-state index >= 15 is 0 Å². The Balaban J connectivity index is 4.48. The Bertz CT molecular complexity index is 1220. The third-order valence-corrected chi connectivity index (χ3v) is 9.57. The Morgan fingerprint density at radius 3 is 1.12 bits per heavy atom. The van der Waals surface area contributed by atoms with E-state index in [1.165, 1.54) is 51.4 Å². The highest BCUT2D eigenvalue weighted by atomic mass is 16.6. The van der Waals surface area contributed by atoms with Gasteiger partial charge in [0.2, 0.25) is 0 Å². The maximum absolute atomic E-state index is 12.7. The van der Waals surface area contributed by atoms with E-state index in [1.54, 1.807) is 0 Å². The second kappa shape index (κ2) is 47.0. The van der Waals surface area contributed by atoms with Gasteiger partial charge in [-0.2, -0.15) is 0 Å². The number of rotatable bonds is 41. The molecule has 0 aliphatic heterocycles. The third-order valence-electron chi connectivity index (χ3n) is 9.57. The fourth-order valence-electron chi connectivity index (χ4n) is 6.04. The lowest BCUT2D eigenvalue weighted by molar-refractivity contribution is -0.166. The van der Waals surface area contributed by atoms with E-state index < -0.39 is 12.1 Å². The first kappa shape index (κ1) is 55.3. The number of hydrogen-bond donors (Lipinski definition) is 0. The van der Waals surface area contributed by atoms with Gasteiger partial charge in [0.25, 0.3) is 0 Å². The predicted molar refractivity (Wildman–Crippen MR) is 251 cm³/mol. The molecule has 0 bridgehead atoms. The first-order valence-corrected chi connectivity index (χ1v) is 23.7. The molecule has 0 radical (unpaired) electrons. The Morgan fingerprint density at radius 2 is 0.695 bits per heavy atom. The summed E-state index contributed by atoms with van der Waals surface area (Å²) in [6, 6.07) is 0. The molecule has 0 saturated heterocycles. The fraction of sp³-hybridized carbons (Fsp3) is 0.642. The highest BCUT2D eigenvalue weighted by Gasteiger charge is 2.19. The first-order chi connectivity index (χ1) is 29.0. The van der Waals surface area contributed by atoms with Crippen LogP contribution in [0.2, 0.25) is 0 Å². The topological polar surface area (TPSA) is 78.9 Å². The van der Waals surface area contributed by atoms with Gasteiger partial charge in [-0.1, -0.05) is 182 Å². The summed E-state index contributed by atoms with van der Waals surface area (Å²) in [7, 11) is 0. The van der Waals surface area contributed by atoms with Gasteiger partial charge in [-0.05, 0) is 96.3 Å². The minimum absolute atomic E-state index is 0.115. The molecule has 334 valence electrons. The zero-order chi connectivity index (χ0) is 43.0. The van der Waals surface area contributed by atoms with E-state index in [-0.39, 0.29) is 31.6 Å². The van der Waals surface area contributed by atoms with Crippen LogP contribution in [0.15, 0.2) is 97.2 Å². The van der Waals surface area contributed by atoms with Gasteiger partial charge in [-0.3, -0.25) is 14.4 Å². The summed E-state index contributed by atoms with van der Waals surface area (Å²) in [5.41, 5.74) is 0. The average Bonchev–Trinajstić information content (AvgIpc) is 3.23. The summed E-state index contributed by atoms with van der Waals surface area (Å²) in [4.78, 5) is 37.8. The molecule has 0 heterocycles. The lowest BCUT2D eigenvalue weighted by atomic mass is 10.1. The van der Waals surface area contributed by atoms with E-state index in [0.29, 0.717) is 19.3 Å². The minimum Gasteiger partial charge on any atom is -0.462 e. The highest BCUT2D eigenvalue weighted by molar-refractivity contribution is 5.71. The molecule has 0 aliphatic carbocycles. The maximum Gasteiger partial charge on any atom is 0.306 e. The summed E-state index contributed by atoms with van der Waals surface area (Å²) in [6.45, 7) is 6.27. The number of esters is 3. The van der Waals surface area contributed by atoms with E-state index in [9.17, 15) is 14.4 Å². The molecular weight excluding hydrogens is 733 g/mol. The van der Waals surface area contributed by atoms with Gasteiger partial charge >= 0.3 is 17.9 Å². The lowest BCUT2D eigenvalue weighted by Crippen LogP contribution is -2.30. The van der Waals surface area contributed by atoms with Crippen molar-refractivity contribution >= 4 is 17.9 Å². The van der Waals surface area contributed by atoms with Crippen molar-refractivity contribution in [2.45, 2.75) is 207 Å². The Hall–Kier alpha value is -3.67. The van der Waals surface area contributed by atoms with Crippen molar-refractivity contribution in [2.75, 3.05) is 13.2 Å². The van der Waals surface area contributed by atoms with Crippen LogP contribution in [0, 0.1) is 0 Å². The van der Waals surface area contributed by atoms with Gasteiger partial charge in [0.15, 0.2) is 6.10 Å². The van der Waals surface area contributed by atoms with Crippen LogP contribution in [0.25, 0.3) is 0 Å². The fourth-order valence-corrected chi connectivity index (χ4v) is 6.04. The van der Waals surface area contributed by atoms with Gasteiger partial charge in [0.1, 0.15) is 13.2 Å². The Morgan fingerprint density at radius 1 is 0.356 bits per heavy atom. The molecule has 0 aliphatic rings. The summed E-state index contributed by atoms with van der Waals surface area (Å²) in [6.07, 6.45) is 61.2. The molecule has 0 aromatic carbocycles. The van der Waals surface area contributed by atoms with E-state index in [2.05, 4.69) is 106 Å². The maximum atomic E-state index is 12.7. The monoisotopic (exact) mass is 819 g/mol. The van der Waals surface area contributed by atoms with Crippen molar-refractivity contribution in [3.63, 3.8) is 0 Å². The van der Waals surface area contributed by atoms with Crippen LogP contribution in [0.3, 0.4) is 0 Å². The van der Waals surface area contributed by atoms with Crippen LogP contribution >= 0.6 is 0 Å². The van der Waals surface area contributed by atoms with Gasteiger partial charge in [-0.15, -0.1) is 0 Å². The highest BCUT2D eigenvalue weighted by Crippen LogP contribution is 2.12. The van der Waals surface area contributed by atoms with Crippen molar-refractivity contribution in [2.24, 2.45) is 0 Å². The molecule has 6 nitrogen and oxygen atoms in total. The van der Waals surface area contributed by atoms with Gasteiger partial charge in [0, 0.05) is 19.3 Å². The number of carbonyl (C=O) groups excluding carboxylic acids is 3. The summed E-state index contributed by atoms with van der Waals surface area (Å²) < 4.78 is 16.6. The number of ether oxygens (including phenoxy) is 3. The molecule has 6 heteroatoms. The standard InChI is InChI=1S/C53H86O6/c1-4-7-10-13-16-19-22-24-25-26-27-29-31-34-37-40-43-46-52(55)58-49-50(48-57-51(54)45-42-39-36-33-30-21-18-15-12-9-6-3)59-53(56)47-44-41-38-35-32-28-23-20-17-14-11-8-5-2/h7-8,10-11,15-20,24-25,28,32,38,41,50H,4-6,9,12-14,21-23,26-27,29-31,33-37,39-40,42-49H2,1-3H3/b10-7-,11-8-,18-15-,19-16-,20-17-,25-24-,32-28-,41-38-. The lowest BCUT2D eigenvalue weighted by Gasteiger charge is -2.18. The van der Waals surface area contributed by atoms with Crippen molar-refractivity contribution in [1.29, 1.82) is 0 Å². The molecule has 0 saturated carbocycles. The number of carbonyl (C=O) groups is 3. The summed E-state index contributed by atoms with van der Waals surface area (Å²) in [5, 5.41) is 0. The van der Waals surface area contributed by atoms with E-state index in [0.717, 1.165) is 103 Å². The van der Waals surface area contributed by atoms with Crippen LogP contribution in [0.1, 0.15) is 201 Å². The molecule has 0 aromatic rings. The zero-order valence-electron chi connectivity index (χ0n) is 38.0. The molecule has 0 aromatic heterocycles. The quantitative estimate of drug-likeness (QED) is 0.0265. The van der Waals surface area contributed by atoms with Gasteiger partial charge in [-0.25, -0.2) is 0 Å². The third kappa shape index (κ3) is 45.3. The van der Waals surface area contributed by atoms with Crippen molar-refractivity contribution in [3.05, 3.63) is 97.2 Å². The molecule has 59 heavy (non-hydrogen) atoms. The molecular formula is C53H86O6. The summed E-state index contributed by atoms with van der Waals surface area (Å²) >= 11 is 0. The molecule has 1 unspecified atom stereocenters.